The Hall–Kier alpha value is -2.81. The van der Waals surface area contributed by atoms with Gasteiger partial charge in [-0.05, 0) is 17.2 Å². The van der Waals surface area contributed by atoms with Crippen molar-refractivity contribution >= 4 is 5.78 Å². The third kappa shape index (κ3) is 3.04. The van der Waals surface area contributed by atoms with Crippen LogP contribution >= 0.6 is 0 Å². The topological polar surface area (TPSA) is 17.1 Å². The van der Waals surface area contributed by atoms with Crippen LogP contribution in [-0.4, -0.2) is 5.78 Å². The minimum atomic E-state index is -3.56. The molecule has 3 heteroatoms. The predicted molar refractivity (Wildman–Crippen MR) is 86.5 cm³/mol. The van der Waals surface area contributed by atoms with Gasteiger partial charge in [0.25, 0.3) is 0 Å². The summed E-state index contributed by atoms with van der Waals surface area (Å²) in [6.45, 7) is 0. The SMILES string of the molecule is O=C(c1ccccc1)C(F)(F)c1cccc(-c2ccccc2)c1. The number of benzene rings is 3. The zero-order chi connectivity index (χ0) is 16.3. The first-order valence-electron chi connectivity index (χ1n) is 7.22. The molecule has 114 valence electrons. The Morgan fingerprint density at radius 1 is 0.696 bits per heavy atom. The number of rotatable bonds is 4. The predicted octanol–water partition coefficient (Wildman–Crippen LogP) is 5.33. The summed E-state index contributed by atoms with van der Waals surface area (Å²) in [5, 5.41) is 0. The molecule has 3 aromatic carbocycles. The van der Waals surface area contributed by atoms with Crippen molar-refractivity contribution < 1.29 is 13.6 Å². The third-order valence-corrected chi connectivity index (χ3v) is 3.65. The van der Waals surface area contributed by atoms with E-state index < -0.39 is 11.7 Å². The largest absolute Gasteiger partial charge is 0.334 e. The first-order chi connectivity index (χ1) is 11.1. The van der Waals surface area contributed by atoms with Gasteiger partial charge in [-0.3, -0.25) is 4.79 Å². The van der Waals surface area contributed by atoms with Gasteiger partial charge in [0, 0.05) is 11.1 Å². The van der Waals surface area contributed by atoms with E-state index in [0.29, 0.717) is 5.56 Å². The first-order valence-corrected chi connectivity index (χ1v) is 7.22. The molecule has 0 atom stereocenters. The minimum absolute atomic E-state index is 0.00242. The Balaban J connectivity index is 1.99. The van der Waals surface area contributed by atoms with Gasteiger partial charge in [-0.15, -0.1) is 0 Å². The maximum absolute atomic E-state index is 14.6. The van der Waals surface area contributed by atoms with Gasteiger partial charge in [0.1, 0.15) is 0 Å². The van der Waals surface area contributed by atoms with Crippen molar-refractivity contribution in [1.29, 1.82) is 0 Å². The fourth-order valence-electron chi connectivity index (χ4n) is 2.43. The highest BCUT2D eigenvalue weighted by Crippen LogP contribution is 2.34. The molecule has 3 aromatic rings. The summed E-state index contributed by atoms with van der Waals surface area (Å²) in [6.07, 6.45) is 0. The van der Waals surface area contributed by atoms with E-state index in [1.165, 1.54) is 24.3 Å². The van der Waals surface area contributed by atoms with Crippen LogP contribution in [0.25, 0.3) is 11.1 Å². The van der Waals surface area contributed by atoms with Crippen molar-refractivity contribution in [3.05, 3.63) is 96.1 Å². The Morgan fingerprint density at radius 3 is 1.91 bits per heavy atom. The van der Waals surface area contributed by atoms with Crippen LogP contribution < -0.4 is 0 Å². The lowest BCUT2D eigenvalue weighted by atomic mass is 9.95. The first kappa shape index (κ1) is 15.1. The fraction of sp³-hybridized carbons (Fsp3) is 0.0500. The van der Waals surface area contributed by atoms with Crippen LogP contribution in [0.3, 0.4) is 0 Å². The number of hydrogen-bond donors (Lipinski definition) is 0. The molecule has 0 amide bonds. The molecule has 0 spiro atoms. The second-order valence-corrected chi connectivity index (χ2v) is 5.22. The van der Waals surface area contributed by atoms with E-state index >= 15 is 0 Å². The lowest BCUT2D eigenvalue weighted by Crippen LogP contribution is -2.26. The monoisotopic (exact) mass is 308 g/mol. The molecule has 0 aliphatic carbocycles. The average molecular weight is 308 g/mol. The zero-order valence-corrected chi connectivity index (χ0v) is 12.2. The van der Waals surface area contributed by atoms with E-state index in [0.717, 1.165) is 5.56 Å². The maximum Gasteiger partial charge on any atom is 0.334 e. The van der Waals surface area contributed by atoms with Crippen molar-refractivity contribution in [2.75, 3.05) is 0 Å². The summed E-state index contributed by atoms with van der Waals surface area (Å²) >= 11 is 0. The number of hydrogen-bond acceptors (Lipinski definition) is 1. The zero-order valence-electron chi connectivity index (χ0n) is 12.2. The van der Waals surface area contributed by atoms with Crippen molar-refractivity contribution in [1.82, 2.24) is 0 Å². The average Bonchev–Trinajstić information content (AvgIpc) is 2.62. The molecule has 0 heterocycles. The van der Waals surface area contributed by atoms with E-state index in [1.54, 1.807) is 30.3 Å². The van der Waals surface area contributed by atoms with Crippen LogP contribution in [0, 0.1) is 0 Å². The quantitative estimate of drug-likeness (QED) is 0.595. The normalized spacial score (nSPS) is 11.2. The van der Waals surface area contributed by atoms with Gasteiger partial charge < -0.3 is 0 Å². The highest BCUT2D eigenvalue weighted by Gasteiger charge is 2.41. The lowest BCUT2D eigenvalue weighted by Gasteiger charge is -2.16. The number of alkyl halides is 2. The van der Waals surface area contributed by atoms with E-state index in [-0.39, 0.29) is 11.1 Å². The number of Topliss-reactive ketones (excluding diaryl/α,β-unsaturated/α-hetero) is 1. The van der Waals surface area contributed by atoms with Gasteiger partial charge in [0.15, 0.2) is 0 Å². The molecule has 0 saturated heterocycles. The summed E-state index contributed by atoms with van der Waals surface area (Å²) in [6, 6.07) is 22.8. The van der Waals surface area contributed by atoms with Crippen LogP contribution in [0.4, 0.5) is 8.78 Å². The standard InChI is InChI=1S/C20H14F2O/c21-20(22,19(23)16-10-5-2-6-11-16)18-13-7-12-17(14-18)15-8-3-1-4-9-15/h1-14H. The highest BCUT2D eigenvalue weighted by molar-refractivity contribution is 6.01. The highest BCUT2D eigenvalue weighted by atomic mass is 19.3. The van der Waals surface area contributed by atoms with Crippen LogP contribution in [0.15, 0.2) is 84.9 Å². The molecule has 0 fully saturated rings. The van der Waals surface area contributed by atoms with E-state index in [9.17, 15) is 13.6 Å². The number of halogens is 2. The molecule has 0 aromatic heterocycles. The molecule has 1 nitrogen and oxygen atoms in total. The van der Waals surface area contributed by atoms with Crippen LogP contribution in [0.5, 0.6) is 0 Å². The van der Waals surface area contributed by atoms with Gasteiger partial charge in [-0.25, -0.2) is 0 Å². The maximum atomic E-state index is 14.6. The molecule has 0 bridgehead atoms. The van der Waals surface area contributed by atoms with E-state index in [2.05, 4.69) is 0 Å². The minimum Gasteiger partial charge on any atom is -0.287 e. The van der Waals surface area contributed by atoms with Gasteiger partial charge in [-0.2, -0.15) is 8.78 Å². The van der Waals surface area contributed by atoms with Crippen molar-refractivity contribution in [3.63, 3.8) is 0 Å². The summed E-state index contributed by atoms with van der Waals surface area (Å²) in [7, 11) is 0. The molecular weight excluding hydrogens is 294 g/mol. The molecule has 0 aliphatic rings. The molecular formula is C20H14F2O. The van der Waals surface area contributed by atoms with E-state index in [1.807, 2.05) is 30.3 Å². The Bertz CT molecular complexity index is 811. The van der Waals surface area contributed by atoms with Crippen molar-refractivity contribution in [2.45, 2.75) is 5.92 Å². The van der Waals surface area contributed by atoms with Gasteiger partial charge >= 0.3 is 5.92 Å². The van der Waals surface area contributed by atoms with Gasteiger partial charge in [0.2, 0.25) is 5.78 Å². The third-order valence-electron chi connectivity index (χ3n) is 3.65. The number of carbonyl (C=O) groups excluding carboxylic acids is 1. The Morgan fingerprint density at radius 2 is 1.26 bits per heavy atom. The molecule has 23 heavy (non-hydrogen) atoms. The molecule has 0 saturated carbocycles. The second kappa shape index (κ2) is 6.13. The van der Waals surface area contributed by atoms with Crippen LogP contribution in [0.1, 0.15) is 15.9 Å². The van der Waals surface area contributed by atoms with Crippen molar-refractivity contribution in [2.24, 2.45) is 0 Å². The van der Waals surface area contributed by atoms with Crippen molar-refractivity contribution in [3.8, 4) is 11.1 Å². The Labute approximate surface area is 133 Å². The molecule has 0 radical (unpaired) electrons. The summed E-state index contributed by atoms with van der Waals surface area (Å²) < 4.78 is 29.2. The summed E-state index contributed by atoms with van der Waals surface area (Å²) in [5.41, 5.74) is 1.19. The second-order valence-electron chi connectivity index (χ2n) is 5.22. The number of carbonyl (C=O) groups is 1. The van der Waals surface area contributed by atoms with Gasteiger partial charge in [-0.1, -0.05) is 78.9 Å². The smallest absolute Gasteiger partial charge is 0.287 e. The number of ketones is 1. The fourth-order valence-corrected chi connectivity index (χ4v) is 2.43. The lowest BCUT2D eigenvalue weighted by molar-refractivity contribution is 0.00746. The van der Waals surface area contributed by atoms with Crippen LogP contribution in [0.2, 0.25) is 0 Å². The molecule has 0 aliphatic heterocycles. The summed E-state index contributed by atoms with van der Waals surface area (Å²) in [5.74, 6) is -4.75. The molecule has 3 rings (SSSR count). The van der Waals surface area contributed by atoms with E-state index in [4.69, 9.17) is 0 Å². The summed E-state index contributed by atoms with van der Waals surface area (Å²) in [4.78, 5) is 12.2. The molecule has 0 unspecified atom stereocenters. The van der Waals surface area contributed by atoms with Gasteiger partial charge in [0.05, 0.1) is 0 Å². The van der Waals surface area contributed by atoms with Crippen LogP contribution in [-0.2, 0) is 5.92 Å². The Kier molecular flexibility index (Phi) is 4.02. The molecule has 0 N–H and O–H groups in total.